The second-order valence-electron chi connectivity index (χ2n) is 5.77. The van der Waals surface area contributed by atoms with Crippen molar-refractivity contribution < 1.29 is 9.90 Å². The minimum atomic E-state index is -0.492. The molecule has 2 rings (SSSR count). The van der Waals surface area contributed by atoms with Crippen LogP contribution in [0.1, 0.15) is 37.8 Å². The van der Waals surface area contributed by atoms with E-state index in [9.17, 15) is 9.90 Å². The molecule has 1 aliphatic rings. The third kappa shape index (κ3) is 3.16. The molecule has 3 nitrogen and oxygen atoms in total. The Balaban J connectivity index is 2.03. The highest BCUT2D eigenvalue weighted by atomic mass is 16.3. The number of amides is 1. The van der Waals surface area contributed by atoms with E-state index in [-0.39, 0.29) is 18.4 Å². The van der Waals surface area contributed by atoms with Crippen LogP contribution in [0.15, 0.2) is 24.3 Å². The summed E-state index contributed by atoms with van der Waals surface area (Å²) in [6.07, 6.45) is 3.41. The van der Waals surface area contributed by atoms with Gasteiger partial charge in [0.1, 0.15) is 0 Å². The highest BCUT2D eigenvalue weighted by Gasteiger charge is 2.29. The Hall–Kier alpha value is -1.35. The lowest BCUT2D eigenvalue weighted by molar-refractivity contribution is -0.127. The fourth-order valence-corrected chi connectivity index (χ4v) is 2.56. The van der Waals surface area contributed by atoms with Gasteiger partial charge in [0.25, 0.3) is 0 Å². The first-order chi connectivity index (χ1) is 9.08. The lowest BCUT2D eigenvalue weighted by atomic mass is 9.83. The molecule has 104 valence electrons. The monoisotopic (exact) mass is 261 g/mol. The van der Waals surface area contributed by atoms with Gasteiger partial charge in [-0.15, -0.1) is 0 Å². The van der Waals surface area contributed by atoms with Crippen LogP contribution in [0.4, 0.5) is 0 Å². The number of carbonyl (C=O) groups is 1. The van der Waals surface area contributed by atoms with E-state index < -0.39 is 5.54 Å². The Labute approximate surface area is 115 Å². The maximum Gasteiger partial charge on any atom is 0.223 e. The molecule has 0 aliphatic heterocycles. The van der Waals surface area contributed by atoms with E-state index in [1.807, 2.05) is 19.9 Å². The first kappa shape index (κ1) is 14.1. The zero-order valence-electron chi connectivity index (χ0n) is 11.8. The number of benzene rings is 1. The topological polar surface area (TPSA) is 49.3 Å². The molecular formula is C16H23NO2. The fraction of sp³-hybridized carbons (Fsp3) is 0.562. The first-order valence-electron chi connectivity index (χ1n) is 7.07. The van der Waals surface area contributed by atoms with Crippen molar-refractivity contribution in [3.63, 3.8) is 0 Å². The van der Waals surface area contributed by atoms with Crippen molar-refractivity contribution in [2.24, 2.45) is 5.92 Å². The Morgan fingerprint density at radius 2 is 2.11 bits per heavy atom. The van der Waals surface area contributed by atoms with Gasteiger partial charge in [-0.25, -0.2) is 0 Å². The molecule has 0 saturated heterocycles. The molecule has 0 spiro atoms. The second-order valence-corrected chi connectivity index (χ2v) is 5.77. The van der Waals surface area contributed by atoms with Gasteiger partial charge in [-0.3, -0.25) is 4.79 Å². The second kappa shape index (κ2) is 5.74. The molecule has 3 heteroatoms. The number of nitrogens with one attached hydrogen (secondary N) is 1. The molecule has 1 aromatic carbocycles. The molecule has 0 fully saturated rings. The molecule has 0 saturated carbocycles. The lowest BCUT2D eigenvalue weighted by Gasteiger charge is -2.31. The predicted octanol–water partition coefficient (Wildman–Crippen LogP) is 2.07. The van der Waals surface area contributed by atoms with Crippen LogP contribution in [0, 0.1) is 5.92 Å². The summed E-state index contributed by atoms with van der Waals surface area (Å²) < 4.78 is 0. The SMILES string of the molecule is CCC(C)(CO)NC(=O)C1CCc2ccccc2C1. The van der Waals surface area contributed by atoms with Crippen LogP contribution >= 0.6 is 0 Å². The minimum Gasteiger partial charge on any atom is -0.394 e. The maximum absolute atomic E-state index is 12.3. The Morgan fingerprint density at radius 3 is 2.74 bits per heavy atom. The van der Waals surface area contributed by atoms with Crippen molar-refractivity contribution in [3.05, 3.63) is 35.4 Å². The van der Waals surface area contributed by atoms with Crippen molar-refractivity contribution in [2.75, 3.05) is 6.61 Å². The van der Waals surface area contributed by atoms with Crippen LogP contribution in [-0.4, -0.2) is 23.2 Å². The van der Waals surface area contributed by atoms with Gasteiger partial charge in [0.15, 0.2) is 0 Å². The van der Waals surface area contributed by atoms with Gasteiger partial charge < -0.3 is 10.4 Å². The minimum absolute atomic E-state index is 0.0153. The summed E-state index contributed by atoms with van der Waals surface area (Å²) in [5.41, 5.74) is 2.16. The quantitative estimate of drug-likeness (QED) is 0.871. The van der Waals surface area contributed by atoms with E-state index in [0.717, 1.165) is 25.7 Å². The summed E-state index contributed by atoms with van der Waals surface area (Å²) in [5, 5.41) is 12.4. The number of aryl methyl sites for hydroxylation is 1. The zero-order chi connectivity index (χ0) is 13.9. The van der Waals surface area contributed by atoms with Crippen molar-refractivity contribution >= 4 is 5.91 Å². The van der Waals surface area contributed by atoms with E-state index in [0.29, 0.717) is 0 Å². The zero-order valence-corrected chi connectivity index (χ0v) is 11.8. The first-order valence-corrected chi connectivity index (χ1v) is 7.07. The molecule has 1 aliphatic carbocycles. The number of fused-ring (bicyclic) bond motifs is 1. The molecule has 2 unspecified atom stereocenters. The maximum atomic E-state index is 12.3. The van der Waals surface area contributed by atoms with Gasteiger partial charge in [-0.05, 0) is 43.7 Å². The van der Waals surface area contributed by atoms with Crippen LogP contribution in [0.25, 0.3) is 0 Å². The number of carbonyl (C=O) groups excluding carboxylic acids is 1. The largest absolute Gasteiger partial charge is 0.394 e. The molecule has 19 heavy (non-hydrogen) atoms. The number of aliphatic hydroxyl groups is 1. The van der Waals surface area contributed by atoms with Gasteiger partial charge in [0.2, 0.25) is 5.91 Å². The molecule has 0 aromatic heterocycles. The van der Waals surface area contributed by atoms with Gasteiger partial charge in [0, 0.05) is 5.92 Å². The smallest absolute Gasteiger partial charge is 0.223 e. The lowest BCUT2D eigenvalue weighted by Crippen LogP contribution is -2.51. The van der Waals surface area contributed by atoms with E-state index in [4.69, 9.17) is 0 Å². The standard InChI is InChI=1S/C16H23NO2/c1-3-16(2,11-18)17-15(19)14-9-8-12-6-4-5-7-13(12)10-14/h4-7,14,18H,3,8-11H2,1-2H3,(H,17,19). The Bertz CT molecular complexity index is 452. The highest BCUT2D eigenvalue weighted by molar-refractivity contribution is 5.80. The molecule has 0 radical (unpaired) electrons. The number of rotatable bonds is 4. The number of hydrogen-bond acceptors (Lipinski definition) is 2. The summed E-state index contributed by atoms with van der Waals surface area (Å²) in [5.74, 6) is 0.111. The average Bonchev–Trinajstić information content (AvgIpc) is 2.46. The molecule has 1 aromatic rings. The van der Waals surface area contributed by atoms with Crippen LogP contribution in [-0.2, 0) is 17.6 Å². The van der Waals surface area contributed by atoms with Crippen molar-refractivity contribution in [1.29, 1.82) is 0 Å². The summed E-state index contributed by atoms with van der Waals surface area (Å²) in [4.78, 5) is 12.3. The van der Waals surface area contributed by atoms with Gasteiger partial charge in [0.05, 0.1) is 12.1 Å². The van der Waals surface area contributed by atoms with Crippen LogP contribution in [0.3, 0.4) is 0 Å². The van der Waals surface area contributed by atoms with Crippen LogP contribution in [0.5, 0.6) is 0 Å². The normalized spacial score (nSPS) is 21.3. The predicted molar refractivity (Wildman–Crippen MR) is 75.9 cm³/mol. The molecule has 0 heterocycles. The molecular weight excluding hydrogens is 238 g/mol. The third-order valence-electron chi connectivity index (χ3n) is 4.27. The highest BCUT2D eigenvalue weighted by Crippen LogP contribution is 2.26. The van der Waals surface area contributed by atoms with Crippen molar-refractivity contribution in [2.45, 2.75) is 45.1 Å². The fourth-order valence-electron chi connectivity index (χ4n) is 2.56. The summed E-state index contributed by atoms with van der Waals surface area (Å²) in [7, 11) is 0. The summed E-state index contributed by atoms with van der Waals surface area (Å²) in [6, 6.07) is 8.34. The summed E-state index contributed by atoms with van der Waals surface area (Å²) in [6.45, 7) is 3.85. The van der Waals surface area contributed by atoms with Crippen molar-refractivity contribution in [3.8, 4) is 0 Å². The van der Waals surface area contributed by atoms with Gasteiger partial charge >= 0.3 is 0 Å². The Morgan fingerprint density at radius 1 is 1.42 bits per heavy atom. The molecule has 2 atom stereocenters. The number of hydrogen-bond donors (Lipinski definition) is 2. The van der Waals surface area contributed by atoms with E-state index in [1.54, 1.807) is 0 Å². The van der Waals surface area contributed by atoms with Gasteiger partial charge in [-0.2, -0.15) is 0 Å². The molecule has 0 bridgehead atoms. The number of aliphatic hydroxyl groups excluding tert-OH is 1. The molecule has 2 N–H and O–H groups in total. The van der Waals surface area contributed by atoms with E-state index in [2.05, 4.69) is 23.5 Å². The molecule has 1 amide bonds. The van der Waals surface area contributed by atoms with Crippen molar-refractivity contribution in [1.82, 2.24) is 5.32 Å². The summed E-state index contributed by atoms with van der Waals surface area (Å²) >= 11 is 0. The van der Waals surface area contributed by atoms with Crippen LogP contribution < -0.4 is 5.32 Å². The van der Waals surface area contributed by atoms with Gasteiger partial charge in [-0.1, -0.05) is 31.2 Å². The van der Waals surface area contributed by atoms with E-state index >= 15 is 0 Å². The Kier molecular flexibility index (Phi) is 4.25. The van der Waals surface area contributed by atoms with E-state index in [1.165, 1.54) is 11.1 Å². The van der Waals surface area contributed by atoms with Crippen LogP contribution in [0.2, 0.25) is 0 Å². The third-order valence-corrected chi connectivity index (χ3v) is 4.27. The average molecular weight is 261 g/mol.